The summed E-state index contributed by atoms with van der Waals surface area (Å²) in [7, 11) is 0. The first kappa shape index (κ1) is 15.7. The Morgan fingerprint density at radius 3 is 2.57 bits per heavy atom. The lowest BCUT2D eigenvalue weighted by Gasteiger charge is -2.12. The fourth-order valence-corrected chi connectivity index (χ4v) is 2.62. The van der Waals surface area contributed by atoms with Crippen LogP contribution in [0.15, 0.2) is 23.2 Å². The largest absolute Gasteiger partial charge is 0.281 e. The summed E-state index contributed by atoms with van der Waals surface area (Å²) in [6.45, 7) is 8.76. The summed E-state index contributed by atoms with van der Waals surface area (Å²) in [5.74, 6) is 1.86. The summed E-state index contributed by atoms with van der Waals surface area (Å²) in [5, 5.41) is 9.22. The molecule has 1 aromatic heterocycles. The molecule has 112 valence electrons. The number of hydrogen-bond donors (Lipinski definition) is 0. The zero-order valence-corrected chi connectivity index (χ0v) is 13.8. The van der Waals surface area contributed by atoms with Crippen molar-refractivity contribution in [3.05, 3.63) is 40.4 Å². The molecule has 0 aliphatic carbocycles. The van der Waals surface area contributed by atoms with Crippen LogP contribution in [-0.4, -0.2) is 20.5 Å². The van der Waals surface area contributed by atoms with Gasteiger partial charge in [0.25, 0.3) is 0 Å². The second-order valence-corrected chi connectivity index (χ2v) is 4.94. The predicted molar refractivity (Wildman–Crippen MR) is 87.6 cm³/mol. The van der Waals surface area contributed by atoms with Crippen LogP contribution in [-0.2, 0) is 13.0 Å². The van der Waals surface area contributed by atoms with Crippen molar-refractivity contribution >= 4 is 17.3 Å². The predicted octanol–water partition coefficient (Wildman–Crippen LogP) is 4.22. The lowest BCUT2D eigenvalue weighted by atomic mass is 10.1. The first-order valence-corrected chi connectivity index (χ1v) is 7.89. The van der Waals surface area contributed by atoms with Crippen molar-refractivity contribution in [2.24, 2.45) is 4.99 Å². The number of hydrogen-bond acceptors (Lipinski definition) is 3. The van der Waals surface area contributed by atoms with E-state index >= 15 is 0 Å². The molecule has 1 aromatic carbocycles. The van der Waals surface area contributed by atoms with E-state index in [0.29, 0.717) is 6.54 Å². The van der Waals surface area contributed by atoms with Gasteiger partial charge in [0.1, 0.15) is 5.82 Å². The van der Waals surface area contributed by atoms with Gasteiger partial charge in [-0.25, -0.2) is 0 Å². The molecule has 2 aromatic rings. The van der Waals surface area contributed by atoms with Crippen molar-refractivity contribution in [3.63, 3.8) is 0 Å². The summed E-state index contributed by atoms with van der Waals surface area (Å²) < 4.78 is 2.11. The van der Waals surface area contributed by atoms with Gasteiger partial charge in [-0.1, -0.05) is 39.3 Å². The van der Waals surface area contributed by atoms with Gasteiger partial charge in [-0.2, -0.15) is 0 Å². The van der Waals surface area contributed by atoms with Crippen LogP contribution < -0.4 is 0 Å². The summed E-state index contributed by atoms with van der Waals surface area (Å²) in [4.78, 5) is 4.65. The lowest BCUT2D eigenvalue weighted by Crippen LogP contribution is -2.07. The Bertz CT molecular complexity index is 658. The smallest absolute Gasteiger partial charge is 0.159 e. The molecule has 0 atom stereocenters. The van der Waals surface area contributed by atoms with Crippen LogP contribution in [0.4, 0.5) is 0 Å². The SMILES string of the molecule is CC.CCC1=NCc2nnc(CC)n2-c2ccc(Cl)cc21. The van der Waals surface area contributed by atoms with E-state index in [2.05, 4.69) is 33.6 Å². The summed E-state index contributed by atoms with van der Waals surface area (Å²) >= 11 is 6.13. The van der Waals surface area contributed by atoms with E-state index in [9.17, 15) is 0 Å². The second kappa shape index (κ2) is 6.85. The fraction of sp³-hybridized carbons (Fsp3) is 0.438. The molecule has 0 bridgehead atoms. The maximum absolute atomic E-state index is 6.13. The van der Waals surface area contributed by atoms with Gasteiger partial charge in [0.15, 0.2) is 5.82 Å². The molecule has 3 rings (SSSR count). The Balaban J connectivity index is 0.000000774. The number of rotatable bonds is 2. The molecule has 2 heterocycles. The molecule has 0 N–H and O–H groups in total. The first-order valence-electron chi connectivity index (χ1n) is 7.51. The Morgan fingerprint density at radius 2 is 1.90 bits per heavy atom. The topological polar surface area (TPSA) is 43.1 Å². The minimum absolute atomic E-state index is 0.572. The second-order valence-electron chi connectivity index (χ2n) is 4.50. The van der Waals surface area contributed by atoms with Gasteiger partial charge in [0, 0.05) is 22.7 Å². The summed E-state index contributed by atoms with van der Waals surface area (Å²) in [6.07, 6.45) is 1.73. The molecule has 5 heteroatoms. The number of aromatic nitrogens is 3. The maximum atomic E-state index is 6.13. The third-order valence-electron chi connectivity index (χ3n) is 3.37. The van der Waals surface area contributed by atoms with Crippen molar-refractivity contribution in [1.82, 2.24) is 14.8 Å². The molecule has 0 unspecified atom stereocenters. The van der Waals surface area contributed by atoms with Gasteiger partial charge < -0.3 is 0 Å². The van der Waals surface area contributed by atoms with Crippen LogP contribution in [0.2, 0.25) is 5.02 Å². The van der Waals surface area contributed by atoms with Crippen LogP contribution in [0.3, 0.4) is 0 Å². The number of fused-ring (bicyclic) bond motifs is 3. The molecule has 0 spiro atoms. The molecule has 0 fully saturated rings. The average molecular weight is 305 g/mol. The number of nitrogens with zero attached hydrogens (tertiary/aromatic N) is 4. The molecule has 1 aliphatic rings. The monoisotopic (exact) mass is 304 g/mol. The number of aliphatic imine (C=N–C) groups is 1. The molecule has 4 nitrogen and oxygen atoms in total. The van der Waals surface area contributed by atoms with Crippen molar-refractivity contribution in [1.29, 1.82) is 0 Å². The number of aryl methyl sites for hydroxylation is 1. The van der Waals surface area contributed by atoms with E-state index in [0.717, 1.165) is 46.5 Å². The van der Waals surface area contributed by atoms with Gasteiger partial charge in [0.2, 0.25) is 0 Å². The van der Waals surface area contributed by atoms with Gasteiger partial charge in [-0.3, -0.25) is 9.56 Å². The Kier molecular flexibility index (Phi) is 5.12. The zero-order valence-electron chi connectivity index (χ0n) is 13.0. The van der Waals surface area contributed by atoms with Crippen LogP contribution >= 0.6 is 11.6 Å². The van der Waals surface area contributed by atoms with Crippen molar-refractivity contribution in [3.8, 4) is 5.69 Å². The molecular formula is C16H21ClN4. The van der Waals surface area contributed by atoms with Gasteiger partial charge >= 0.3 is 0 Å². The highest BCUT2D eigenvalue weighted by atomic mass is 35.5. The van der Waals surface area contributed by atoms with E-state index in [-0.39, 0.29) is 0 Å². The van der Waals surface area contributed by atoms with Crippen molar-refractivity contribution < 1.29 is 0 Å². The van der Waals surface area contributed by atoms with E-state index in [1.54, 1.807) is 0 Å². The molecular weight excluding hydrogens is 284 g/mol. The third kappa shape index (κ3) is 2.86. The quantitative estimate of drug-likeness (QED) is 0.833. The molecule has 0 radical (unpaired) electrons. The minimum atomic E-state index is 0.572. The van der Waals surface area contributed by atoms with E-state index in [1.165, 1.54) is 0 Å². The minimum Gasteiger partial charge on any atom is -0.281 e. The Morgan fingerprint density at radius 1 is 1.14 bits per heavy atom. The fourth-order valence-electron chi connectivity index (χ4n) is 2.45. The maximum Gasteiger partial charge on any atom is 0.159 e. The number of benzene rings is 1. The Hall–Kier alpha value is -1.68. The summed E-state index contributed by atoms with van der Waals surface area (Å²) in [5.41, 5.74) is 3.24. The third-order valence-corrected chi connectivity index (χ3v) is 3.61. The van der Waals surface area contributed by atoms with Crippen LogP contribution in [0.5, 0.6) is 0 Å². The molecule has 0 saturated carbocycles. The molecule has 1 aliphatic heterocycles. The van der Waals surface area contributed by atoms with Crippen LogP contribution in [0.25, 0.3) is 5.69 Å². The zero-order chi connectivity index (χ0) is 15.4. The lowest BCUT2D eigenvalue weighted by molar-refractivity contribution is 0.839. The first-order chi connectivity index (χ1) is 10.2. The Labute approximate surface area is 130 Å². The highest BCUT2D eigenvalue weighted by molar-refractivity contribution is 6.31. The highest BCUT2D eigenvalue weighted by Crippen LogP contribution is 2.26. The van der Waals surface area contributed by atoms with Crippen molar-refractivity contribution in [2.45, 2.75) is 47.1 Å². The average Bonchev–Trinajstić information content (AvgIpc) is 2.86. The normalized spacial score (nSPS) is 12.5. The standard InChI is InChI=1S/C14H15ClN4.C2H6/c1-3-11-10-7-9(15)5-6-12(10)19-13(4-2)17-18-14(19)8-16-11;1-2/h5-7H,3-4,8H2,1-2H3;1-2H3. The van der Waals surface area contributed by atoms with E-state index < -0.39 is 0 Å². The highest BCUT2D eigenvalue weighted by Gasteiger charge is 2.20. The van der Waals surface area contributed by atoms with Crippen LogP contribution in [0.1, 0.15) is 51.3 Å². The van der Waals surface area contributed by atoms with Gasteiger partial charge in [-0.15, -0.1) is 10.2 Å². The number of halogens is 1. The van der Waals surface area contributed by atoms with Crippen molar-refractivity contribution in [2.75, 3.05) is 0 Å². The van der Waals surface area contributed by atoms with Gasteiger partial charge in [-0.05, 0) is 24.6 Å². The van der Waals surface area contributed by atoms with Gasteiger partial charge in [0.05, 0.1) is 12.2 Å². The van der Waals surface area contributed by atoms with E-state index in [1.807, 2.05) is 32.0 Å². The molecule has 0 amide bonds. The van der Waals surface area contributed by atoms with Crippen LogP contribution in [0, 0.1) is 0 Å². The molecule has 0 saturated heterocycles. The summed E-state index contributed by atoms with van der Waals surface area (Å²) in [6, 6.07) is 5.91. The molecule has 21 heavy (non-hydrogen) atoms. The van der Waals surface area contributed by atoms with E-state index in [4.69, 9.17) is 11.6 Å².